The van der Waals surface area contributed by atoms with Gasteiger partial charge in [-0.15, -0.1) is 0 Å². The molecule has 3 rings (SSSR count). The van der Waals surface area contributed by atoms with Gasteiger partial charge in [-0.2, -0.15) is 5.10 Å². The Morgan fingerprint density at radius 3 is 2.68 bits per heavy atom. The molecule has 2 aromatic heterocycles. The van der Waals surface area contributed by atoms with E-state index in [2.05, 4.69) is 10.4 Å². The number of para-hydroxylation sites is 1. The molecule has 0 aliphatic rings. The molecule has 6 nitrogen and oxygen atoms in total. The van der Waals surface area contributed by atoms with E-state index in [1.807, 2.05) is 69.8 Å². The van der Waals surface area contributed by atoms with Gasteiger partial charge in [0.05, 0.1) is 28.6 Å². The minimum absolute atomic E-state index is 0.0939. The molecular weight excluding hydrogens is 352 g/mol. The summed E-state index contributed by atoms with van der Waals surface area (Å²) in [5.74, 6) is -0.0939. The number of rotatable bonds is 7. The van der Waals surface area contributed by atoms with Gasteiger partial charge in [-0.05, 0) is 46.2 Å². The van der Waals surface area contributed by atoms with Gasteiger partial charge in [-0.1, -0.05) is 18.2 Å². The molecule has 0 aliphatic heterocycles. The molecular formula is C22H28N4O2. The summed E-state index contributed by atoms with van der Waals surface area (Å²) in [7, 11) is 1.92. The zero-order chi connectivity index (χ0) is 20.3. The van der Waals surface area contributed by atoms with E-state index in [4.69, 9.17) is 9.72 Å². The topological polar surface area (TPSA) is 69.0 Å². The lowest BCUT2D eigenvalue weighted by molar-refractivity contribution is 0.0757. The van der Waals surface area contributed by atoms with E-state index >= 15 is 0 Å². The number of aryl methyl sites for hydroxylation is 2. The summed E-state index contributed by atoms with van der Waals surface area (Å²) in [6.07, 6.45) is 0.981. The van der Waals surface area contributed by atoms with Crippen molar-refractivity contribution in [1.82, 2.24) is 20.1 Å². The molecule has 0 radical (unpaired) electrons. The molecule has 0 aliphatic carbocycles. The van der Waals surface area contributed by atoms with Gasteiger partial charge < -0.3 is 10.1 Å². The third-order valence-electron chi connectivity index (χ3n) is 4.78. The smallest absolute Gasteiger partial charge is 0.252 e. The molecule has 0 saturated heterocycles. The highest BCUT2D eigenvalue weighted by atomic mass is 16.5. The number of benzene rings is 1. The Morgan fingerprint density at radius 1 is 1.25 bits per heavy atom. The predicted molar refractivity (Wildman–Crippen MR) is 111 cm³/mol. The quantitative estimate of drug-likeness (QED) is 0.633. The number of carbonyl (C=O) groups excluding carboxylic acids is 1. The van der Waals surface area contributed by atoms with Gasteiger partial charge in [-0.25, -0.2) is 4.98 Å². The van der Waals surface area contributed by atoms with Crippen LogP contribution in [0, 0.1) is 13.8 Å². The molecule has 28 heavy (non-hydrogen) atoms. The SMILES string of the molecule is Cc1nn(C)c(C)c1-c1cc(C(=O)NCCCOC(C)C)c2ccccc2n1. The van der Waals surface area contributed by atoms with Gasteiger partial charge in [0.2, 0.25) is 0 Å². The predicted octanol–water partition coefficient (Wildman–Crippen LogP) is 3.80. The van der Waals surface area contributed by atoms with Crippen LogP contribution in [-0.2, 0) is 11.8 Å². The number of hydrogen-bond donors (Lipinski definition) is 1. The summed E-state index contributed by atoms with van der Waals surface area (Å²) in [5.41, 5.74) is 5.11. The lowest BCUT2D eigenvalue weighted by atomic mass is 10.0. The number of ether oxygens (including phenoxy) is 1. The maximum Gasteiger partial charge on any atom is 0.252 e. The van der Waals surface area contributed by atoms with E-state index in [9.17, 15) is 4.79 Å². The Balaban J connectivity index is 1.92. The molecule has 0 fully saturated rings. The molecule has 0 saturated carbocycles. The maximum absolute atomic E-state index is 12.9. The van der Waals surface area contributed by atoms with Crippen molar-refractivity contribution in [2.24, 2.45) is 7.05 Å². The molecule has 1 amide bonds. The van der Waals surface area contributed by atoms with Crippen molar-refractivity contribution < 1.29 is 9.53 Å². The molecule has 0 bridgehead atoms. The van der Waals surface area contributed by atoms with Gasteiger partial charge in [0.15, 0.2) is 0 Å². The van der Waals surface area contributed by atoms with Crippen LogP contribution in [0.15, 0.2) is 30.3 Å². The number of pyridine rings is 1. The molecule has 0 unspecified atom stereocenters. The fourth-order valence-electron chi connectivity index (χ4n) is 3.32. The van der Waals surface area contributed by atoms with Crippen LogP contribution in [0.3, 0.4) is 0 Å². The number of aromatic nitrogens is 3. The number of amides is 1. The van der Waals surface area contributed by atoms with Gasteiger partial charge in [0.1, 0.15) is 0 Å². The van der Waals surface area contributed by atoms with E-state index in [1.54, 1.807) is 0 Å². The molecule has 148 valence electrons. The Morgan fingerprint density at radius 2 is 2.00 bits per heavy atom. The first-order valence-electron chi connectivity index (χ1n) is 9.68. The summed E-state index contributed by atoms with van der Waals surface area (Å²) in [4.78, 5) is 17.7. The maximum atomic E-state index is 12.9. The second-order valence-electron chi connectivity index (χ2n) is 7.27. The highest BCUT2D eigenvalue weighted by Crippen LogP contribution is 2.29. The molecule has 6 heteroatoms. The van der Waals surface area contributed by atoms with Crippen LogP contribution >= 0.6 is 0 Å². The average Bonchev–Trinajstić information content (AvgIpc) is 2.92. The minimum atomic E-state index is -0.0939. The minimum Gasteiger partial charge on any atom is -0.379 e. The normalized spacial score (nSPS) is 11.4. The largest absolute Gasteiger partial charge is 0.379 e. The monoisotopic (exact) mass is 380 g/mol. The summed E-state index contributed by atoms with van der Waals surface area (Å²) in [6, 6.07) is 9.61. The van der Waals surface area contributed by atoms with Crippen LogP contribution in [-0.4, -0.2) is 39.9 Å². The lowest BCUT2D eigenvalue weighted by Crippen LogP contribution is -2.26. The molecule has 2 heterocycles. The first kappa shape index (κ1) is 20.0. The van der Waals surface area contributed by atoms with Gasteiger partial charge >= 0.3 is 0 Å². The third-order valence-corrected chi connectivity index (χ3v) is 4.78. The van der Waals surface area contributed by atoms with Crippen LogP contribution < -0.4 is 5.32 Å². The Kier molecular flexibility index (Phi) is 6.09. The van der Waals surface area contributed by atoms with Crippen molar-refractivity contribution in [2.75, 3.05) is 13.2 Å². The van der Waals surface area contributed by atoms with Crippen LogP contribution in [0.2, 0.25) is 0 Å². The van der Waals surface area contributed by atoms with Crippen molar-refractivity contribution in [3.8, 4) is 11.3 Å². The Bertz CT molecular complexity index is 992. The Labute approximate surface area is 165 Å². The van der Waals surface area contributed by atoms with Crippen LogP contribution in [0.4, 0.5) is 0 Å². The van der Waals surface area contributed by atoms with Crippen molar-refractivity contribution in [3.63, 3.8) is 0 Å². The molecule has 1 N–H and O–H groups in total. The van der Waals surface area contributed by atoms with Crippen molar-refractivity contribution in [3.05, 3.63) is 47.3 Å². The molecule has 3 aromatic rings. The molecule has 0 atom stereocenters. The van der Waals surface area contributed by atoms with Crippen molar-refractivity contribution in [1.29, 1.82) is 0 Å². The number of hydrogen-bond acceptors (Lipinski definition) is 4. The number of nitrogens with zero attached hydrogens (tertiary/aromatic N) is 3. The highest BCUT2D eigenvalue weighted by Gasteiger charge is 2.18. The zero-order valence-electron chi connectivity index (χ0n) is 17.2. The van der Waals surface area contributed by atoms with Gasteiger partial charge in [0.25, 0.3) is 5.91 Å². The summed E-state index contributed by atoms with van der Waals surface area (Å²) in [6.45, 7) is 9.20. The molecule has 0 spiro atoms. The van der Waals surface area contributed by atoms with E-state index in [0.717, 1.165) is 40.0 Å². The summed E-state index contributed by atoms with van der Waals surface area (Å²) in [5, 5.41) is 8.35. The second-order valence-corrected chi connectivity index (χ2v) is 7.27. The fraction of sp³-hybridized carbons (Fsp3) is 0.409. The fourth-order valence-corrected chi connectivity index (χ4v) is 3.32. The van der Waals surface area contributed by atoms with Crippen molar-refractivity contribution in [2.45, 2.75) is 40.2 Å². The van der Waals surface area contributed by atoms with Crippen LogP contribution in [0.1, 0.15) is 42.0 Å². The number of carbonyl (C=O) groups is 1. The van der Waals surface area contributed by atoms with E-state index in [0.29, 0.717) is 18.7 Å². The van der Waals surface area contributed by atoms with Crippen LogP contribution in [0.5, 0.6) is 0 Å². The van der Waals surface area contributed by atoms with Crippen LogP contribution in [0.25, 0.3) is 22.2 Å². The molecule has 1 aromatic carbocycles. The summed E-state index contributed by atoms with van der Waals surface area (Å²) < 4.78 is 7.38. The highest BCUT2D eigenvalue weighted by molar-refractivity contribution is 6.07. The zero-order valence-corrected chi connectivity index (χ0v) is 17.2. The lowest BCUT2D eigenvalue weighted by Gasteiger charge is -2.11. The number of fused-ring (bicyclic) bond motifs is 1. The summed E-state index contributed by atoms with van der Waals surface area (Å²) >= 11 is 0. The average molecular weight is 380 g/mol. The number of nitrogens with one attached hydrogen (secondary N) is 1. The third kappa shape index (κ3) is 4.22. The first-order valence-corrected chi connectivity index (χ1v) is 9.68. The van der Waals surface area contributed by atoms with Gasteiger partial charge in [0, 0.05) is 36.8 Å². The van der Waals surface area contributed by atoms with E-state index < -0.39 is 0 Å². The standard InChI is InChI=1S/C22H28N4O2/c1-14(2)28-12-8-11-23-22(27)18-13-20(21-15(3)25-26(5)16(21)4)24-19-10-7-6-9-17(18)19/h6-7,9-10,13-14H,8,11-12H2,1-5H3,(H,23,27). The van der Waals surface area contributed by atoms with E-state index in [-0.39, 0.29) is 12.0 Å². The van der Waals surface area contributed by atoms with Gasteiger partial charge in [-0.3, -0.25) is 9.48 Å². The Hall–Kier alpha value is -2.73. The second kappa shape index (κ2) is 8.52. The van der Waals surface area contributed by atoms with E-state index in [1.165, 1.54) is 0 Å². The first-order chi connectivity index (χ1) is 13.4. The van der Waals surface area contributed by atoms with Crippen molar-refractivity contribution >= 4 is 16.8 Å².